The molecule has 0 bridgehead atoms. The van der Waals surface area contributed by atoms with Crippen molar-refractivity contribution in [2.75, 3.05) is 0 Å². The molecule has 1 saturated carbocycles. The van der Waals surface area contributed by atoms with E-state index in [0.29, 0.717) is 12.0 Å². The summed E-state index contributed by atoms with van der Waals surface area (Å²) >= 11 is 0. The molecule has 1 N–H and O–H groups in total. The molecule has 2 heteroatoms. The zero-order valence-electron chi connectivity index (χ0n) is 15.6. The summed E-state index contributed by atoms with van der Waals surface area (Å²) in [7, 11) is 0. The molecule has 0 saturated heterocycles. The van der Waals surface area contributed by atoms with Crippen molar-refractivity contribution in [1.29, 1.82) is 0 Å². The first kappa shape index (κ1) is 17.1. The number of hydrazone groups is 1. The van der Waals surface area contributed by atoms with Crippen LogP contribution in [-0.2, 0) is 0 Å². The fourth-order valence-electron chi connectivity index (χ4n) is 4.27. The van der Waals surface area contributed by atoms with Crippen molar-refractivity contribution in [2.45, 2.75) is 57.4 Å². The SMILES string of the molecule is CC1=Cc2ccccc2C1CC(=NNC1CCCCC1)c1ccccc1. The second-order valence-electron chi connectivity index (χ2n) is 7.66. The van der Waals surface area contributed by atoms with Crippen molar-refractivity contribution < 1.29 is 0 Å². The summed E-state index contributed by atoms with van der Waals surface area (Å²) in [5, 5.41) is 4.93. The predicted molar refractivity (Wildman–Crippen MR) is 110 cm³/mol. The molecule has 2 aromatic carbocycles. The maximum atomic E-state index is 4.93. The lowest BCUT2D eigenvalue weighted by atomic mass is 9.89. The van der Waals surface area contributed by atoms with E-state index in [4.69, 9.17) is 5.10 Å². The molecule has 1 fully saturated rings. The highest BCUT2D eigenvalue weighted by atomic mass is 15.3. The van der Waals surface area contributed by atoms with Gasteiger partial charge < -0.3 is 5.43 Å². The molecule has 4 rings (SSSR count). The van der Waals surface area contributed by atoms with E-state index in [1.54, 1.807) is 0 Å². The minimum absolute atomic E-state index is 0.429. The van der Waals surface area contributed by atoms with Gasteiger partial charge in [-0.25, -0.2) is 0 Å². The minimum Gasteiger partial charge on any atom is -0.307 e. The van der Waals surface area contributed by atoms with Crippen molar-refractivity contribution in [3.05, 3.63) is 76.9 Å². The zero-order valence-corrected chi connectivity index (χ0v) is 15.6. The largest absolute Gasteiger partial charge is 0.307 e. The van der Waals surface area contributed by atoms with Gasteiger partial charge in [0.2, 0.25) is 0 Å². The number of rotatable bonds is 5. The lowest BCUT2D eigenvalue weighted by Gasteiger charge is -2.22. The van der Waals surface area contributed by atoms with Crippen LogP contribution in [0.5, 0.6) is 0 Å². The maximum Gasteiger partial charge on any atom is 0.0684 e. The Labute approximate surface area is 157 Å². The highest BCUT2D eigenvalue weighted by Gasteiger charge is 2.24. The Morgan fingerprint density at radius 3 is 2.50 bits per heavy atom. The molecule has 0 amide bonds. The third-order valence-electron chi connectivity index (χ3n) is 5.80. The van der Waals surface area contributed by atoms with Crippen LogP contribution in [-0.4, -0.2) is 11.8 Å². The highest BCUT2D eigenvalue weighted by molar-refractivity contribution is 6.01. The van der Waals surface area contributed by atoms with Crippen LogP contribution in [0, 0.1) is 0 Å². The summed E-state index contributed by atoms with van der Waals surface area (Å²) in [5.74, 6) is 0.429. The first-order valence-corrected chi connectivity index (χ1v) is 9.96. The van der Waals surface area contributed by atoms with Crippen molar-refractivity contribution in [1.82, 2.24) is 5.43 Å². The number of fused-ring (bicyclic) bond motifs is 1. The molecular formula is C24H28N2. The fourth-order valence-corrected chi connectivity index (χ4v) is 4.27. The zero-order chi connectivity index (χ0) is 17.8. The number of hydrogen-bond acceptors (Lipinski definition) is 2. The average molecular weight is 345 g/mol. The minimum atomic E-state index is 0.429. The Bertz CT molecular complexity index is 798. The van der Waals surface area contributed by atoms with Gasteiger partial charge in [-0.1, -0.05) is 85.5 Å². The van der Waals surface area contributed by atoms with Gasteiger partial charge in [0.25, 0.3) is 0 Å². The van der Waals surface area contributed by atoms with Crippen LogP contribution in [0.2, 0.25) is 0 Å². The van der Waals surface area contributed by atoms with E-state index < -0.39 is 0 Å². The summed E-state index contributed by atoms with van der Waals surface area (Å²) in [5.41, 5.74) is 10.1. The molecule has 1 unspecified atom stereocenters. The molecule has 2 nitrogen and oxygen atoms in total. The highest BCUT2D eigenvalue weighted by Crippen LogP contribution is 2.38. The van der Waals surface area contributed by atoms with Crippen LogP contribution in [0.15, 0.2) is 65.3 Å². The van der Waals surface area contributed by atoms with E-state index in [0.717, 1.165) is 6.42 Å². The van der Waals surface area contributed by atoms with Crippen molar-refractivity contribution >= 4 is 11.8 Å². The van der Waals surface area contributed by atoms with E-state index >= 15 is 0 Å². The Morgan fingerprint density at radius 1 is 0.962 bits per heavy atom. The van der Waals surface area contributed by atoms with Crippen molar-refractivity contribution in [3.8, 4) is 0 Å². The van der Waals surface area contributed by atoms with Gasteiger partial charge in [0, 0.05) is 18.4 Å². The number of benzene rings is 2. The molecule has 0 spiro atoms. The average Bonchev–Trinajstić information content (AvgIpc) is 3.01. The summed E-state index contributed by atoms with van der Waals surface area (Å²) in [6.45, 7) is 2.25. The summed E-state index contributed by atoms with van der Waals surface area (Å²) < 4.78 is 0. The Hall–Kier alpha value is -2.35. The fraction of sp³-hybridized carbons (Fsp3) is 0.375. The van der Waals surface area contributed by atoms with Crippen LogP contribution < -0.4 is 5.43 Å². The van der Waals surface area contributed by atoms with E-state index in [-0.39, 0.29) is 0 Å². The van der Waals surface area contributed by atoms with Crippen LogP contribution >= 0.6 is 0 Å². The number of hydrogen-bond donors (Lipinski definition) is 1. The lowest BCUT2D eigenvalue weighted by molar-refractivity contribution is 0.380. The first-order chi connectivity index (χ1) is 12.8. The second kappa shape index (κ2) is 7.90. The van der Waals surface area contributed by atoms with E-state index in [9.17, 15) is 0 Å². The number of nitrogens with one attached hydrogen (secondary N) is 1. The van der Waals surface area contributed by atoms with Gasteiger partial charge in [-0.15, -0.1) is 0 Å². The van der Waals surface area contributed by atoms with Gasteiger partial charge in [0.1, 0.15) is 0 Å². The second-order valence-corrected chi connectivity index (χ2v) is 7.66. The maximum absolute atomic E-state index is 4.93. The Balaban J connectivity index is 1.58. The van der Waals surface area contributed by atoms with Gasteiger partial charge in [0.05, 0.1) is 5.71 Å². The Morgan fingerprint density at radius 2 is 1.69 bits per heavy atom. The number of nitrogens with zero attached hydrogens (tertiary/aromatic N) is 1. The van der Waals surface area contributed by atoms with E-state index in [1.165, 1.54) is 60.1 Å². The van der Waals surface area contributed by atoms with E-state index in [2.05, 4.69) is 73.0 Å². The topological polar surface area (TPSA) is 24.4 Å². The van der Waals surface area contributed by atoms with Crippen molar-refractivity contribution in [3.63, 3.8) is 0 Å². The van der Waals surface area contributed by atoms with Gasteiger partial charge in [-0.05, 0) is 36.5 Å². The molecule has 0 aromatic heterocycles. The normalized spacial score (nSPS) is 20.6. The molecule has 0 aliphatic heterocycles. The lowest BCUT2D eigenvalue weighted by Crippen LogP contribution is -2.28. The molecule has 2 aromatic rings. The van der Waals surface area contributed by atoms with Gasteiger partial charge in [0.15, 0.2) is 0 Å². The molecule has 134 valence electrons. The molecule has 26 heavy (non-hydrogen) atoms. The van der Waals surface area contributed by atoms with Gasteiger partial charge >= 0.3 is 0 Å². The third kappa shape index (κ3) is 3.75. The van der Waals surface area contributed by atoms with Crippen LogP contribution in [0.4, 0.5) is 0 Å². The van der Waals surface area contributed by atoms with E-state index in [1.807, 2.05) is 0 Å². The molecule has 0 radical (unpaired) electrons. The van der Waals surface area contributed by atoms with Crippen LogP contribution in [0.3, 0.4) is 0 Å². The predicted octanol–water partition coefficient (Wildman–Crippen LogP) is 5.90. The molecule has 0 heterocycles. The molecule has 1 atom stereocenters. The standard InChI is InChI=1S/C24H28N2/c1-18-16-20-12-8-9-15-22(20)23(18)17-24(19-10-4-2-5-11-19)26-25-21-13-6-3-7-14-21/h2,4-5,8-12,15-16,21,23,25H,3,6-7,13-14,17H2,1H3. The summed E-state index contributed by atoms with van der Waals surface area (Å²) in [6, 6.07) is 20.0. The molecule has 2 aliphatic carbocycles. The van der Waals surface area contributed by atoms with Crippen LogP contribution in [0.25, 0.3) is 6.08 Å². The molecule has 2 aliphatic rings. The van der Waals surface area contributed by atoms with Gasteiger partial charge in [-0.2, -0.15) is 5.10 Å². The smallest absolute Gasteiger partial charge is 0.0684 e. The van der Waals surface area contributed by atoms with Crippen molar-refractivity contribution in [2.24, 2.45) is 5.10 Å². The number of allylic oxidation sites excluding steroid dienone is 1. The monoisotopic (exact) mass is 344 g/mol. The first-order valence-electron chi connectivity index (χ1n) is 9.96. The summed E-state index contributed by atoms with van der Waals surface area (Å²) in [6.07, 6.45) is 9.79. The third-order valence-corrected chi connectivity index (χ3v) is 5.80. The quantitative estimate of drug-likeness (QED) is 0.529. The molecular weight excluding hydrogens is 316 g/mol. The summed E-state index contributed by atoms with van der Waals surface area (Å²) in [4.78, 5) is 0. The van der Waals surface area contributed by atoms with Crippen LogP contribution in [0.1, 0.15) is 68.1 Å². The Kier molecular flexibility index (Phi) is 5.19. The van der Waals surface area contributed by atoms with Gasteiger partial charge in [-0.3, -0.25) is 0 Å².